The number of hydrogen-bond acceptors (Lipinski definition) is 4. The molecule has 86 valence electrons. The second-order valence-electron chi connectivity index (χ2n) is 4.38. The lowest BCUT2D eigenvalue weighted by Gasteiger charge is -2.28. The number of likely N-dealkylation sites (N-methyl/N-ethyl adjacent to an activating group) is 2. The van der Waals surface area contributed by atoms with Gasteiger partial charge in [-0.25, -0.2) is 0 Å². The van der Waals surface area contributed by atoms with Crippen LogP contribution in [0.2, 0.25) is 0 Å². The molecule has 0 spiro atoms. The first-order valence-electron chi connectivity index (χ1n) is 5.75. The fourth-order valence-corrected chi connectivity index (χ4v) is 2.33. The lowest BCUT2D eigenvalue weighted by molar-refractivity contribution is 0.197. The summed E-state index contributed by atoms with van der Waals surface area (Å²) in [5.41, 5.74) is 5.60. The molecule has 1 aliphatic rings. The second kappa shape index (κ2) is 6.06. The third kappa shape index (κ3) is 3.78. The predicted octanol–water partition coefficient (Wildman–Crippen LogP) is 0.253. The Morgan fingerprint density at radius 1 is 1.67 bits per heavy atom. The Labute approximate surface area is 92.6 Å². The fraction of sp³-hybridized carbons (Fsp3) is 0.909. The van der Waals surface area contributed by atoms with Crippen molar-refractivity contribution >= 4 is 0 Å². The summed E-state index contributed by atoms with van der Waals surface area (Å²) in [4.78, 5) is 4.68. The van der Waals surface area contributed by atoms with Crippen LogP contribution >= 0.6 is 0 Å². The lowest BCUT2D eigenvalue weighted by Crippen LogP contribution is -2.42. The third-order valence-corrected chi connectivity index (χ3v) is 3.10. The molecule has 1 fully saturated rings. The first kappa shape index (κ1) is 12.4. The SMILES string of the molecule is CCN1CCCC1CN(C)CC(N)C#N. The second-order valence-corrected chi connectivity index (χ2v) is 4.38. The van der Waals surface area contributed by atoms with Gasteiger partial charge in [0.15, 0.2) is 0 Å². The maximum Gasteiger partial charge on any atom is 0.106 e. The van der Waals surface area contributed by atoms with Gasteiger partial charge in [-0.3, -0.25) is 4.90 Å². The van der Waals surface area contributed by atoms with E-state index in [2.05, 4.69) is 22.8 Å². The van der Waals surface area contributed by atoms with E-state index in [0.717, 1.165) is 13.1 Å². The Morgan fingerprint density at radius 2 is 2.40 bits per heavy atom. The van der Waals surface area contributed by atoms with E-state index in [1.807, 2.05) is 7.05 Å². The molecule has 0 amide bonds. The molecule has 15 heavy (non-hydrogen) atoms. The van der Waals surface area contributed by atoms with Gasteiger partial charge in [-0.1, -0.05) is 6.92 Å². The van der Waals surface area contributed by atoms with E-state index in [0.29, 0.717) is 12.6 Å². The van der Waals surface area contributed by atoms with E-state index in [9.17, 15) is 0 Å². The highest BCUT2D eigenvalue weighted by molar-refractivity contribution is 4.89. The first-order valence-corrected chi connectivity index (χ1v) is 5.75. The Kier molecular flexibility index (Phi) is 5.03. The molecule has 2 atom stereocenters. The molecule has 0 aromatic carbocycles. The van der Waals surface area contributed by atoms with Gasteiger partial charge in [0, 0.05) is 19.1 Å². The van der Waals surface area contributed by atoms with Crippen molar-refractivity contribution in [1.29, 1.82) is 5.26 Å². The maximum absolute atomic E-state index is 8.63. The van der Waals surface area contributed by atoms with Crippen molar-refractivity contribution in [2.75, 3.05) is 33.2 Å². The normalized spacial score (nSPS) is 24.3. The van der Waals surface area contributed by atoms with E-state index < -0.39 is 0 Å². The Balaban J connectivity index is 2.31. The summed E-state index contributed by atoms with van der Waals surface area (Å²) >= 11 is 0. The van der Waals surface area contributed by atoms with Gasteiger partial charge in [-0.15, -0.1) is 0 Å². The topological polar surface area (TPSA) is 56.3 Å². The van der Waals surface area contributed by atoms with Crippen LogP contribution in [0.5, 0.6) is 0 Å². The van der Waals surface area contributed by atoms with Gasteiger partial charge < -0.3 is 10.6 Å². The van der Waals surface area contributed by atoms with Gasteiger partial charge in [-0.2, -0.15) is 5.26 Å². The number of likely N-dealkylation sites (tertiary alicyclic amines) is 1. The highest BCUT2D eigenvalue weighted by Gasteiger charge is 2.24. The van der Waals surface area contributed by atoms with Crippen molar-refractivity contribution < 1.29 is 0 Å². The molecule has 1 saturated heterocycles. The number of nitriles is 1. The quantitative estimate of drug-likeness (QED) is 0.707. The number of nitrogens with zero attached hydrogens (tertiary/aromatic N) is 3. The molecule has 0 aromatic heterocycles. The molecule has 2 unspecified atom stereocenters. The number of rotatable bonds is 5. The molecule has 1 heterocycles. The minimum atomic E-state index is -0.355. The van der Waals surface area contributed by atoms with Crippen molar-refractivity contribution in [1.82, 2.24) is 9.80 Å². The summed E-state index contributed by atoms with van der Waals surface area (Å²) in [7, 11) is 2.04. The van der Waals surface area contributed by atoms with Crippen LogP contribution in [-0.2, 0) is 0 Å². The van der Waals surface area contributed by atoms with Gasteiger partial charge >= 0.3 is 0 Å². The van der Waals surface area contributed by atoms with Gasteiger partial charge in [-0.05, 0) is 33.0 Å². The number of nitrogens with two attached hydrogens (primary N) is 1. The van der Waals surface area contributed by atoms with Crippen LogP contribution in [0, 0.1) is 11.3 Å². The highest BCUT2D eigenvalue weighted by Crippen LogP contribution is 2.17. The van der Waals surface area contributed by atoms with E-state index in [1.54, 1.807) is 0 Å². The van der Waals surface area contributed by atoms with Crippen LogP contribution in [0.1, 0.15) is 19.8 Å². The first-order chi connectivity index (χ1) is 7.17. The average molecular weight is 210 g/mol. The zero-order valence-electron chi connectivity index (χ0n) is 9.82. The summed E-state index contributed by atoms with van der Waals surface area (Å²) < 4.78 is 0. The Hall–Kier alpha value is -0.630. The van der Waals surface area contributed by atoms with E-state index >= 15 is 0 Å². The van der Waals surface area contributed by atoms with Crippen LogP contribution in [0.25, 0.3) is 0 Å². The zero-order valence-corrected chi connectivity index (χ0v) is 9.82. The molecule has 4 nitrogen and oxygen atoms in total. The van der Waals surface area contributed by atoms with Crippen molar-refractivity contribution in [2.45, 2.75) is 31.8 Å². The van der Waals surface area contributed by atoms with Gasteiger partial charge in [0.25, 0.3) is 0 Å². The standard InChI is InChI=1S/C11H22N4/c1-3-15-6-4-5-11(15)9-14(2)8-10(13)7-12/h10-11H,3-6,8-9,13H2,1-2H3. The van der Waals surface area contributed by atoms with Crippen molar-refractivity contribution in [3.05, 3.63) is 0 Å². The Morgan fingerprint density at radius 3 is 3.00 bits per heavy atom. The van der Waals surface area contributed by atoms with Crippen LogP contribution < -0.4 is 5.73 Å². The summed E-state index contributed by atoms with van der Waals surface area (Å²) in [6.07, 6.45) is 2.58. The molecular weight excluding hydrogens is 188 g/mol. The smallest absolute Gasteiger partial charge is 0.106 e. The molecule has 0 aliphatic carbocycles. The monoisotopic (exact) mass is 210 g/mol. The highest BCUT2D eigenvalue weighted by atomic mass is 15.2. The Bertz CT molecular complexity index is 223. The van der Waals surface area contributed by atoms with Crippen molar-refractivity contribution in [3.8, 4) is 6.07 Å². The molecule has 0 aromatic rings. The van der Waals surface area contributed by atoms with Gasteiger partial charge in [0.05, 0.1) is 6.07 Å². The molecule has 2 N–H and O–H groups in total. The molecule has 0 bridgehead atoms. The lowest BCUT2D eigenvalue weighted by atomic mass is 10.2. The number of hydrogen-bond donors (Lipinski definition) is 1. The minimum Gasteiger partial charge on any atom is -0.315 e. The molecule has 0 saturated carbocycles. The van der Waals surface area contributed by atoms with Gasteiger partial charge in [0.2, 0.25) is 0 Å². The van der Waals surface area contributed by atoms with Crippen LogP contribution in [0.4, 0.5) is 0 Å². The van der Waals surface area contributed by atoms with Crippen LogP contribution in [0.15, 0.2) is 0 Å². The molecule has 1 aliphatic heterocycles. The average Bonchev–Trinajstić information content (AvgIpc) is 2.64. The summed E-state index contributed by atoms with van der Waals surface area (Å²) in [6, 6.07) is 2.37. The molecule has 0 radical (unpaired) electrons. The van der Waals surface area contributed by atoms with E-state index in [1.165, 1.54) is 19.4 Å². The van der Waals surface area contributed by atoms with E-state index in [4.69, 9.17) is 11.0 Å². The van der Waals surface area contributed by atoms with E-state index in [-0.39, 0.29) is 6.04 Å². The maximum atomic E-state index is 8.63. The molecule has 4 heteroatoms. The van der Waals surface area contributed by atoms with Crippen molar-refractivity contribution in [3.63, 3.8) is 0 Å². The minimum absolute atomic E-state index is 0.355. The predicted molar refractivity (Wildman–Crippen MR) is 61.4 cm³/mol. The third-order valence-electron chi connectivity index (χ3n) is 3.10. The van der Waals surface area contributed by atoms with Crippen molar-refractivity contribution in [2.24, 2.45) is 5.73 Å². The zero-order chi connectivity index (χ0) is 11.3. The van der Waals surface area contributed by atoms with Gasteiger partial charge in [0.1, 0.15) is 6.04 Å². The molecular formula is C11H22N4. The van der Waals surface area contributed by atoms with Crippen LogP contribution in [0.3, 0.4) is 0 Å². The van der Waals surface area contributed by atoms with Crippen LogP contribution in [-0.4, -0.2) is 55.1 Å². The summed E-state index contributed by atoms with van der Waals surface area (Å²) in [5.74, 6) is 0. The largest absolute Gasteiger partial charge is 0.315 e. The molecule has 1 rings (SSSR count). The fourth-order valence-electron chi connectivity index (χ4n) is 2.33. The summed E-state index contributed by atoms with van der Waals surface area (Å²) in [6.45, 7) is 6.26. The summed E-state index contributed by atoms with van der Waals surface area (Å²) in [5, 5.41) is 8.63.